The summed E-state index contributed by atoms with van der Waals surface area (Å²) in [5.74, 6) is 1.22. The second kappa shape index (κ2) is 8.47. The molecule has 158 valence electrons. The smallest absolute Gasteiger partial charge is 0.248 e. The number of rotatable bonds is 5. The molecule has 1 aliphatic carbocycles. The van der Waals surface area contributed by atoms with Crippen LogP contribution in [-0.2, 0) is 14.6 Å². The average molecular weight is 457 g/mol. The van der Waals surface area contributed by atoms with E-state index < -0.39 is 9.84 Å². The Morgan fingerprint density at radius 2 is 2.07 bits per heavy atom. The summed E-state index contributed by atoms with van der Waals surface area (Å²) in [6, 6.07) is 5.08. The summed E-state index contributed by atoms with van der Waals surface area (Å²) < 4.78 is 29.6. The minimum Gasteiger partial charge on any atom is -0.495 e. The average Bonchev–Trinajstić information content (AvgIpc) is 3.34. The van der Waals surface area contributed by atoms with Crippen molar-refractivity contribution in [1.82, 2.24) is 0 Å². The number of amidine groups is 1. The molecular weight excluding hydrogens is 432 g/mol. The van der Waals surface area contributed by atoms with Crippen LogP contribution in [0.3, 0.4) is 0 Å². The van der Waals surface area contributed by atoms with Crippen LogP contribution in [0.2, 0.25) is 5.02 Å². The van der Waals surface area contributed by atoms with Crippen molar-refractivity contribution in [3.8, 4) is 5.75 Å². The van der Waals surface area contributed by atoms with Gasteiger partial charge in [0.15, 0.2) is 15.0 Å². The van der Waals surface area contributed by atoms with Gasteiger partial charge < -0.3 is 9.64 Å². The number of aliphatic imine (C=N–C) groups is 1. The second-order valence-corrected chi connectivity index (χ2v) is 11.7. The molecule has 3 aliphatic rings. The SMILES string of the molecule is COc1ccc(N2C(=NC(=O)CCC3CCCC3)SC3CS(=O)(=O)CC32)cc1Cl. The van der Waals surface area contributed by atoms with Crippen molar-refractivity contribution in [3.63, 3.8) is 0 Å². The molecule has 4 rings (SSSR count). The van der Waals surface area contributed by atoms with Gasteiger partial charge in [-0.2, -0.15) is 4.99 Å². The van der Waals surface area contributed by atoms with Crippen molar-refractivity contribution < 1.29 is 17.9 Å². The largest absolute Gasteiger partial charge is 0.495 e. The Bertz CT molecular complexity index is 928. The van der Waals surface area contributed by atoms with E-state index in [2.05, 4.69) is 4.99 Å². The monoisotopic (exact) mass is 456 g/mol. The van der Waals surface area contributed by atoms with Gasteiger partial charge in [0.05, 0.1) is 29.7 Å². The first-order valence-corrected chi connectivity index (χ1v) is 13.1. The number of hydrogen-bond acceptors (Lipinski definition) is 5. The highest BCUT2D eigenvalue weighted by molar-refractivity contribution is 8.16. The van der Waals surface area contributed by atoms with Crippen LogP contribution in [0.1, 0.15) is 38.5 Å². The number of fused-ring (bicyclic) bond motifs is 1. The molecule has 1 saturated carbocycles. The van der Waals surface area contributed by atoms with E-state index in [1.165, 1.54) is 37.4 Å². The molecule has 3 fully saturated rings. The van der Waals surface area contributed by atoms with E-state index in [0.29, 0.717) is 28.3 Å². The molecule has 2 unspecified atom stereocenters. The fraction of sp³-hybridized carbons (Fsp3) is 0.600. The Labute approximate surface area is 181 Å². The zero-order valence-corrected chi connectivity index (χ0v) is 18.7. The molecule has 2 atom stereocenters. The van der Waals surface area contributed by atoms with Gasteiger partial charge in [-0.25, -0.2) is 8.42 Å². The lowest BCUT2D eigenvalue weighted by atomic mass is 10.0. The Morgan fingerprint density at radius 1 is 1.31 bits per heavy atom. The van der Waals surface area contributed by atoms with Crippen LogP contribution in [0.5, 0.6) is 5.75 Å². The number of nitrogens with zero attached hydrogens (tertiary/aromatic N) is 2. The van der Waals surface area contributed by atoms with Crippen LogP contribution in [0.4, 0.5) is 5.69 Å². The van der Waals surface area contributed by atoms with Crippen LogP contribution >= 0.6 is 23.4 Å². The molecule has 2 saturated heterocycles. The lowest BCUT2D eigenvalue weighted by Gasteiger charge is -2.25. The maximum Gasteiger partial charge on any atom is 0.248 e. The minimum absolute atomic E-state index is 0.0591. The third kappa shape index (κ3) is 4.59. The molecule has 0 spiro atoms. The fourth-order valence-electron chi connectivity index (χ4n) is 4.46. The quantitative estimate of drug-likeness (QED) is 0.668. The number of methoxy groups -OCH3 is 1. The lowest BCUT2D eigenvalue weighted by molar-refractivity contribution is -0.118. The van der Waals surface area contributed by atoms with E-state index in [4.69, 9.17) is 16.3 Å². The predicted octanol–water partition coefficient (Wildman–Crippen LogP) is 3.92. The Kier molecular flexibility index (Phi) is 6.14. The Balaban J connectivity index is 1.58. The molecule has 0 radical (unpaired) electrons. The van der Waals surface area contributed by atoms with E-state index in [1.54, 1.807) is 19.2 Å². The topological polar surface area (TPSA) is 76.0 Å². The van der Waals surface area contributed by atoms with Crippen LogP contribution < -0.4 is 9.64 Å². The summed E-state index contributed by atoms with van der Waals surface area (Å²) in [5.41, 5.74) is 0.732. The highest BCUT2D eigenvalue weighted by Gasteiger charge is 2.49. The number of thioether (sulfide) groups is 1. The fourth-order valence-corrected chi connectivity index (χ4v) is 8.64. The number of carbonyl (C=O) groups excluding carboxylic acids is 1. The van der Waals surface area contributed by atoms with Crippen molar-refractivity contribution in [1.29, 1.82) is 0 Å². The number of carbonyl (C=O) groups is 1. The molecule has 0 N–H and O–H groups in total. The second-order valence-electron chi connectivity index (χ2n) is 7.97. The molecule has 29 heavy (non-hydrogen) atoms. The maximum atomic E-state index is 12.6. The van der Waals surface area contributed by atoms with Gasteiger partial charge in [-0.3, -0.25) is 4.79 Å². The number of halogens is 1. The molecule has 0 bridgehead atoms. The van der Waals surface area contributed by atoms with Crippen molar-refractivity contribution in [2.24, 2.45) is 10.9 Å². The minimum atomic E-state index is -3.10. The van der Waals surface area contributed by atoms with Crippen LogP contribution in [-0.4, -0.2) is 49.4 Å². The van der Waals surface area contributed by atoms with Gasteiger partial charge in [-0.15, -0.1) is 0 Å². The lowest BCUT2D eigenvalue weighted by Crippen LogP contribution is -2.37. The summed E-state index contributed by atoms with van der Waals surface area (Å²) in [7, 11) is -1.56. The first-order valence-electron chi connectivity index (χ1n) is 9.97. The molecule has 1 aromatic carbocycles. The zero-order chi connectivity index (χ0) is 20.6. The Morgan fingerprint density at radius 3 is 2.76 bits per heavy atom. The summed E-state index contributed by atoms with van der Waals surface area (Å²) in [4.78, 5) is 18.8. The number of amides is 1. The predicted molar refractivity (Wildman–Crippen MR) is 118 cm³/mol. The van der Waals surface area contributed by atoms with Gasteiger partial charge in [0, 0.05) is 17.4 Å². The maximum absolute atomic E-state index is 12.6. The van der Waals surface area contributed by atoms with Gasteiger partial charge in [0.1, 0.15) is 5.75 Å². The third-order valence-electron chi connectivity index (χ3n) is 5.94. The molecule has 2 aliphatic heterocycles. The summed E-state index contributed by atoms with van der Waals surface area (Å²) >= 11 is 7.69. The van der Waals surface area contributed by atoms with Crippen molar-refractivity contribution in [2.75, 3.05) is 23.5 Å². The van der Waals surface area contributed by atoms with Gasteiger partial charge in [0.2, 0.25) is 5.91 Å². The molecule has 1 aromatic rings. The number of hydrogen-bond donors (Lipinski definition) is 0. The number of benzene rings is 1. The standard InChI is InChI=1S/C20H25ClN2O4S2/c1-27-17-8-7-14(10-15(17)21)23-16-11-29(25,26)12-18(16)28-20(23)22-19(24)9-6-13-4-2-3-5-13/h7-8,10,13,16,18H,2-6,9,11-12H2,1H3. The van der Waals surface area contributed by atoms with Crippen LogP contribution in [0.25, 0.3) is 0 Å². The molecule has 6 nitrogen and oxygen atoms in total. The molecule has 9 heteroatoms. The number of ether oxygens (including phenoxy) is 1. The highest BCUT2D eigenvalue weighted by Crippen LogP contribution is 2.42. The molecule has 2 heterocycles. The number of sulfone groups is 1. The summed E-state index contributed by atoms with van der Waals surface area (Å²) in [6.45, 7) is 0. The van der Waals surface area contributed by atoms with Gasteiger partial charge in [0.25, 0.3) is 0 Å². The molecule has 1 amide bonds. The molecular formula is C20H25ClN2O4S2. The van der Waals surface area contributed by atoms with Gasteiger partial charge in [-0.1, -0.05) is 49.0 Å². The highest BCUT2D eigenvalue weighted by atomic mass is 35.5. The van der Waals surface area contributed by atoms with E-state index in [0.717, 1.165) is 12.1 Å². The van der Waals surface area contributed by atoms with E-state index in [1.807, 2.05) is 11.0 Å². The van der Waals surface area contributed by atoms with Crippen molar-refractivity contribution >= 4 is 50.0 Å². The van der Waals surface area contributed by atoms with E-state index in [9.17, 15) is 13.2 Å². The zero-order valence-electron chi connectivity index (χ0n) is 16.3. The number of anilines is 1. The van der Waals surface area contributed by atoms with E-state index >= 15 is 0 Å². The third-order valence-corrected chi connectivity index (χ3v) is 9.45. The normalized spacial score (nSPS) is 27.5. The van der Waals surface area contributed by atoms with Crippen LogP contribution in [0, 0.1) is 5.92 Å². The van der Waals surface area contributed by atoms with Gasteiger partial charge in [-0.05, 0) is 30.5 Å². The Hall–Kier alpha value is -1.25. The van der Waals surface area contributed by atoms with E-state index in [-0.39, 0.29) is 28.7 Å². The van der Waals surface area contributed by atoms with Gasteiger partial charge >= 0.3 is 0 Å². The first kappa shape index (κ1) is 21.0. The van der Waals surface area contributed by atoms with Crippen molar-refractivity contribution in [3.05, 3.63) is 23.2 Å². The first-order chi connectivity index (χ1) is 13.9. The summed E-state index contributed by atoms with van der Waals surface area (Å²) in [5, 5.41) is 0.890. The summed E-state index contributed by atoms with van der Waals surface area (Å²) in [6.07, 6.45) is 6.25. The van der Waals surface area contributed by atoms with Crippen molar-refractivity contribution in [2.45, 2.75) is 49.8 Å². The molecule has 0 aromatic heterocycles. The van der Waals surface area contributed by atoms with Crippen LogP contribution in [0.15, 0.2) is 23.2 Å².